The number of para-hydroxylation sites is 1. The van der Waals surface area contributed by atoms with E-state index < -0.39 is 65.3 Å². The van der Waals surface area contributed by atoms with E-state index in [0.717, 1.165) is 10.3 Å². The number of Topliss-reactive ketones (excluding diaryl/α,β-unsaturated/α-hetero) is 1. The second kappa shape index (κ2) is 36.2. The molecule has 1 unspecified atom stereocenters. The summed E-state index contributed by atoms with van der Waals surface area (Å²) in [7, 11) is 0. The highest BCUT2D eigenvalue weighted by molar-refractivity contribution is 6.13. The maximum atomic E-state index is 13.4. The third kappa shape index (κ3) is 24.3. The molecule has 0 saturated carbocycles. The van der Waals surface area contributed by atoms with Crippen molar-refractivity contribution in [3.05, 3.63) is 72.1 Å². The van der Waals surface area contributed by atoms with Gasteiger partial charge in [-0.15, -0.1) is 0 Å². The Morgan fingerprint density at radius 3 is 1.80 bits per heavy atom. The Hall–Kier alpha value is -7.83. The summed E-state index contributed by atoms with van der Waals surface area (Å²) in [5.74, 6) is -3.41. The van der Waals surface area contributed by atoms with Crippen LogP contribution in [0.4, 0.5) is 16.3 Å². The number of imide groups is 1. The summed E-state index contributed by atoms with van der Waals surface area (Å²) < 4.78 is 45.8. The van der Waals surface area contributed by atoms with Crippen LogP contribution in [0.3, 0.4) is 0 Å². The summed E-state index contributed by atoms with van der Waals surface area (Å²) in [5, 5.41) is 27.2. The molecular weight excluding hydrogens is 1120 g/mol. The van der Waals surface area contributed by atoms with Gasteiger partial charge >= 0.3 is 6.09 Å². The maximum Gasteiger partial charge on any atom is 0.413 e. The van der Waals surface area contributed by atoms with Gasteiger partial charge in [0, 0.05) is 62.2 Å². The number of hydrogen-bond acceptors (Lipinski definition) is 20. The Balaban J connectivity index is 0.891. The SMILES string of the molecule is CCOCc1nc2c(NC(=O)OCc3ccc(NC(=O)C(CC(C)=O)NC(=O)[C@H](C)NC(=O)[C@H](C)NC(=O)CCOCCOCCOCCOCCOCCOCCNC(=O)CCN4C(=O)C=CC4=O)cc3)nc3ccccc3c2n1CC(C)(C)O. The molecule has 0 fully saturated rings. The minimum absolute atomic E-state index is 0.0152. The fourth-order valence-electron chi connectivity index (χ4n) is 8.18. The number of carbonyl (C=O) groups excluding carboxylic acids is 9. The van der Waals surface area contributed by atoms with Gasteiger partial charge in [0.05, 0.1) is 102 Å². The molecule has 470 valence electrons. The van der Waals surface area contributed by atoms with Gasteiger partial charge in [-0.3, -0.25) is 48.6 Å². The molecule has 1 aliphatic rings. The normalized spacial score (nSPS) is 13.4. The summed E-state index contributed by atoms with van der Waals surface area (Å²) in [4.78, 5) is 123. The fraction of sp³-hybridized carbons (Fsp3) is 0.534. The second-order valence-electron chi connectivity index (χ2n) is 20.3. The number of pyridine rings is 1. The highest BCUT2D eigenvalue weighted by atomic mass is 16.6. The Morgan fingerprint density at radius 2 is 1.21 bits per heavy atom. The summed E-state index contributed by atoms with van der Waals surface area (Å²) in [6.07, 6.45) is 1.16. The van der Waals surface area contributed by atoms with Crippen molar-refractivity contribution in [2.24, 2.45) is 0 Å². The van der Waals surface area contributed by atoms with Gasteiger partial charge < -0.3 is 74.2 Å². The lowest BCUT2D eigenvalue weighted by Gasteiger charge is -2.22. The Labute approximate surface area is 498 Å². The second-order valence-corrected chi connectivity index (χ2v) is 20.3. The fourth-order valence-corrected chi connectivity index (χ4v) is 8.18. The maximum absolute atomic E-state index is 13.4. The first-order valence-corrected chi connectivity index (χ1v) is 28.3. The number of ether oxygens (including phenoxy) is 8. The van der Waals surface area contributed by atoms with Crippen LogP contribution in [0.2, 0.25) is 0 Å². The molecular formula is C58H80N10O18. The van der Waals surface area contributed by atoms with E-state index in [4.69, 9.17) is 42.9 Å². The van der Waals surface area contributed by atoms with Crippen molar-refractivity contribution < 1.29 is 86.2 Å². The van der Waals surface area contributed by atoms with Gasteiger partial charge in [-0.25, -0.2) is 14.8 Å². The zero-order valence-electron chi connectivity index (χ0n) is 49.5. The lowest BCUT2D eigenvalue weighted by Crippen LogP contribution is -2.54. The van der Waals surface area contributed by atoms with Crippen molar-refractivity contribution in [3.8, 4) is 0 Å². The number of rotatable bonds is 41. The Kier molecular flexibility index (Phi) is 29.0. The van der Waals surface area contributed by atoms with E-state index in [1.807, 2.05) is 29.7 Å². The summed E-state index contributed by atoms with van der Waals surface area (Å²) in [5.41, 5.74) is 1.41. The third-order valence-corrected chi connectivity index (χ3v) is 12.5. The largest absolute Gasteiger partial charge is 0.444 e. The molecule has 28 heteroatoms. The number of carbonyl (C=O) groups is 9. The van der Waals surface area contributed by atoms with Gasteiger partial charge in [-0.2, -0.15) is 0 Å². The molecule has 3 heterocycles. The summed E-state index contributed by atoms with van der Waals surface area (Å²) in [6, 6.07) is 10.2. The van der Waals surface area contributed by atoms with E-state index in [1.54, 1.807) is 44.2 Å². The van der Waals surface area contributed by atoms with Gasteiger partial charge in [-0.05, 0) is 65.3 Å². The van der Waals surface area contributed by atoms with E-state index in [0.29, 0.717) is 93.1 Å². The number of fused-ring (bicyclic) bond motifs is 3. The molecule has 5 rings (SSSR count). The lowest BCUT2D eigenvalue weighted by molar-refractivity contribution is -0.137. The predicted octanol–water partition coefficient (Wildman–Crippen LogP) is 1.97. The number of anilines is 2. The molecule has 1 aliphatic heterocycles. The molecule has 0 aliphatic carbocycles. The average Bonchev–Trinajstić information content (AvgIpc) is 1.64. The smallest absolute Gasteiger partial charge is 0.413 e. The van der Waals surface area contributed by atoms with E-state index in [2.05, 4.69) is 36.9 Å². The van der Waals surface area contributed by atoms with Gasteiger partial charge in [0.1, 0.15) is 48.5 Å². The molecule has 2 aromatic carbocycles. The van der Waals surface area contributed by atoms with Crippen molar-refractivity contribution in [3.63, 3.8) is 0 Å². The Bertz CT molecular complexity index is 2930. The molecule has 0 radical (unpaired) electrons. The standard InChI is InChI=1S/C58H80N10O18/c1-7-79-36-46-65-51-52(68(46)37-58(5,6)78)43-10-8-9-11-44(43)63-53(51)66-57(77)86-35-41-12-14-42(15-13-41)62-56(76)45(34-38(2)69)64-55(75)40(4)61-54(74)39(3)60-48(71)19-22-80-24-26-82-28-30-84-32-33-85-31-29-83-27-25-81-23-20-59-47(70)18-21-67-49(72)16-17-50(67)73/h8-17,39-40,45,78H,7,18-37H2,1-6H3,(H,59,70)(H,60,71)(H,61,74)(H,62,76)(H,64,75)(H,63,66,77)/t39-,40-,45?/m0/s1. The van der Waals surface area contributed by atoms with E-state index in [9.17, 15) is 48.3 Å². The van der Waals surface area contributed by atoms with Crippen LogP contribution in [-0.4, -0.2) is 200 Å². The number of aromatic nitrogens is 3. The lowest BCUT2D eigenvalue weighted by atomic mass is 10.1. The first-order chi connectivity index (χ1) is 41.2. The van der Waals surface area contributed by atoms with Crippen molar-refractivity contribution in [1.29, 1.82) is 0 Å². The van der Waals surface area contributed by atoms with Crippen LogP contribution < -0.4 is 31.9 Å². The van der Waals surface area contributed by atoms with Crippen LogP contribution in [-0.2, 0) is 96.0 Å². The summed E-state index contributed by atoms with van der Waals surface area (Å²) >= 11 is 0. The first-order valence-electron chi connectivity index (χ1n) is 28.3. The minimum Gasteiger partial charge on any atom is -0.444 e. The molecule has 0 bridgehead atoms. The van der Waals surface area contributed by atoms with Crippen LogP contribution in [0.1, 0.15) is 72.2 Å². The summed E-state index contributed by atoms with van der Waals surface area (Å²) in [6.45, 7) is 13.9. The van der Waals surface area contributed by atoms with Gasteiger partial charge in [0.15, 0.2) is 5.82 Å². The van der Waals surface area contributed by atoms with Crippen LogP contribution in [0.5, 0.6) is 0 Å². The van der Waals surface area contributed by atoms with Crippen LogP contribution in [0, 0.1) is 0 Å². The molecule has 4 aromatic rings. The molecule has 0 saturated heterocycles. The number of imidazole rings is 1. The van der Waals surface area contributed by atoms with Crippen molar-refractivity contribution in [1.82, 2.24) is 40.7 Å². The van der Waals surface area contributed by atoms with E-state index in [1.165, 1.54) is 32.9 Å². The molecule has 2 aromatic heterocycles. The highest BCUT2D eigenvalue weighted by Crippen LogP contribution is 2.32. The van der Waals surface area contributed by atoms with Gasteiger partial charge in [0.25, 0.3) is 11.8 Å². The van der Waals surface area contributed by atoms with Crippen LogP contribution in [0.25, 0.3) is 21.9 Å². The molecule has 8 amide bonds. The van der Waals surface area contributed by atoms with Gasteiger partial charge in [-0.1, -0.05) is 30.3 Å². The minimum atomic E-state index is -1.30. The number of nitrogens with one attached hydrogen (secondary N) is 6. The number of benzene rings is 2. The number of nitrogens with zero attached hydrogens (tertiary/aromatic N) is 4. The van der Waals surface area contributed by atoms with Crippen LogP contribution in [0.15, 0.2) is 60.7 Å². The van der Waals surface area contributed by atoms with Gasteiger partial charge in [0.2, 0.25) is 29.5 Å². The highest BCUT2D eigenvalue weighted by Gasteiger charge is 2.29. The molecule has 0 spiro atoms. The molecule has 28 nitrogen and oxygen atoms in total. The topological polar surface area (TPSA) is 354 Å². The van der Waals surface area contributed by atoms with E-state index in [-0.39, 0.29) is 96.0 Å². The number of amides is 8. The average molecular weight is 1210 g/mol. The monoisotopic (exact) mass is 1200 g/mol. The molecule has 7 N–H and O–H groups in total. The predicted molar refractivity (Wildman–Crippen MR) is 311 cm³/mol. The van der Waals surface area contributed by atoms with Crippen molar-refractivity contribution in [2.75, 3.05) is 110 Å². The van der Waals surface area contributed by atoms with Crippen LogP contribution >= 0.6 is 0 Å². The zero-order valence-corrected chi connectivity index (χ0v) is 49.5. The number of aliphatic hydroxyl groups is 1. The zero-order chi connectivity index (χ0) is 62.4. The molecule has 3 atom stereocenters. The number of ketones is 1. The molecule has 86 heavy (non-hydrogen) atoms. The van der Waals surface area contributed by atoms with E-state index >= 15 is 0 Å². The van der Waals surface area contributed by atoms with Crippen molar-refractivity contribution >= 4 is 86.7 Å². The number of hydrogen-bond donors (Lipinski definition) is 7. The van der Waals surface area contributed by atoms with Crippen molar-refractivity contribution in [2.45, 2.75) is 104 Å². The third-order valence-electron chi connectivity index (χ3n) is 12.5. The quantitative estimate of drug-likeness (QED) is 0.0247. The Morgan fingerprint density at radius 1 is 0.640 bits per heavy atom. The first kappa shape index (κ1) is 68.9.